The lowest BCUT2D eigenvalue weighted by Gasteiger charge is -2.28. The zero-order chi connectivity index (χ0) is 25.0. The van der Waals surface area contributed by atoms with Gasteiger partial charge in [0.05, 0.1) is 24.3 Å². The molecule has 0 aliphatic carbocycles. The van der Waals surface area contributed by atoms with E-state index in [4.69, 9.17) is 24.4 Å². The zero-order valence-electron chi connectivity index (χ0n) is 20.4. The number of pyridine rings is 1. The minimum Gasteiger partial charge on any atom is -0.438 e. The van der Waals surface area contributed by atoms with E-state index < -0.39 is 0 Å². The fraction of sp³-hybridized carbons (Fsp3) is 0.179. The minimum absolute atomic E-state index is 0.433. The Labute approximate surface area is 214 Å². The number of nitrogens with one attached hydrogen (secondary N) is 3. The van der Waals surface area contributed by atoms with Gasteiger partial charge in [0.25, 0.3) is 0 Å². The van der Waals surface area contributed by atoms with Crippen molar-refractivity contribution in [1.82, 2.24) is 19.9 Å². The minimum atomic E-state index is 0.433. The first-order valence-electron chi connectivity index (χ1n) is 12.2. The van der Waals surface area contributed by atoms with Crippen LogP contribution in [0.15, 0.2) is 79.0 Å². The summed E-state index contributed by atoms with van der Waals surface area (Å²) in [4.78, 5) is 19.8. The van der Waals surface area contributed by atoms with Crippen molar-refractivity contribution in [3.05, 3.63) is 79.0 Å². The first-order chi connectivity index (χ1) is 18.3. The Morgan fingerprint density at radius 1 is 0.892 bits per heavy atom. The van der Waals surface area contributed by atoms with Crippen LogP contribution in [0, 0.1) is 0 Å². The fourth-order valence-corrected chi connectivity index (χ4v) is 4.36. The van der Waals surface area contributed by atoms with Crippen molar-refractivity contribution in [2.24, 2.45) is 0 Å². The third-order valence-corrected chi connectivity index (χ3v) is 6.24. The van der Waals surface area contributed by atoms with E-state index in [0.717, 1.165) is 54.5 Å². The van der Waals surface area contributed by atoms with Crippen LogP contribution < -0.4 is 20.3 Å². The zero-order valence-corrected chi connectivity index (χ0v) is 20.4. The molecular weight excluding hydrogens is 466 g/mol. The maximum atomic E-state index is 6.27. The van der Waals surface area contributed by atoms with Crippen molar-refractivity contribution in [2.45, 2.75) is 0 Å². The topological polar surface area (TPSA) is 100 Å². The van der Waals surface area contributed by atoms with Crippen LogP contribution in [0.25, 0.3) is 22.3 Å². The highest BCUT2D eigenvalue weighted by molar-refractivity contribution is 5.97. The van der Waals surface area contributed by atoms with Crippen LogP contribution in [0.2, 0.25) is 0 Å². The van der Waals surface area contributed by atoms with E-state index in [1.807, 2.05) is 73.9 Å². The van der Waals surface area contributed by atoms with Gasteiger partial charge in [0.15, 0.2) is 0 Å². The van der Waals surface area contributed by atoms with Crippen LogP contribution in [-0.2, 0) is 4.74 Å². The van der Waals surface area contributed by atoms with E-state index >= 15 is 0 Å². The van der Waals surface area contributed by atoms with Gasteiger partial charge in [-0.05, 0) is 48.5 Å². The van der Waals surface area contributed by atoms with Crippen LogP contribution in [0.1, 0.15) is 0 Å². The predicted molar refractivity (Wildman–Crippen MR) is 146 cm³/mol. The van der Waals surface area contributed by atoms with Crippen LogP contribution >= 0.6 is 0 Å². The standard InChI is InChI=1S/C28H27N7O2/c1-29-24-9-5-8-23(32-24)22-18-30-26-25(22)27(37-21-6-3-2-4-7-21)34-28(33-26)31-19-10-12-20(13-11-19)35-14-16-36-17-15-35/h2-13,18H,14-17H2,1H3,(H,29,32)(H2,30,31,33,34). The van der Waals surface area contributed by atoms with Crippen molar-refractivity contribution in [2.75, 3.05) is 48.9 Å². The summed E-state index contributed by atoms with van der Waals surface area (Å²) in [6.07, 6.45) is 1.89. The van der Waals surface area contributed by atoms with Gasteiger partial charge in [0.1, 0.15) is 17.2 Å². The second-order valence-corrected chi connectivity index (χ2v) is 8.62. The molecular formula is C28H27N7O2. The molecule has 37 heavy (non-hydrogen) atoms. The number of aromatic nitrogens is 4. The molecule has 4 heterocycles. The lowest BCUT2D eigenvalue weighted by molar-refractivity contribution is 0.122. The Balaban J connectivity index is 1.36. The maximum Gasteiger partial charge on any atom is 0.234 e. The summed E-state index contributed by atoms with van der Waals surface area (Å²) in [6.45, 7) is 3.30. The summed E-state index contributed by atoms with van der Waals surface area (Å²) in [5, 5.41) is 7.18. The molecule has 0 unspecified atom stereocenters. The highest BCUT2D eigenvalue weighted by atomic mass is 16.5. The number of ether oxygens (including phenoxy) is 2. The normalized spacial score (nSPS) is 13.5. The Morgan fingerprint density at radius 3 is 2.49 bits per heavy atom. The smallest absolute Gasteiger partial charge is 0.234 e. The number of H-pyrrole nitrogens is 1. The van der Waals surface area contributed by atoms with E-state index in [0.29, 0.717) is 23.2 Å². The molecule has 2 aromatic carbocycles. The van der Waals surface area contributed by atoms with Crippen molar-refractivity contribution >= 4 is 34.2 Å². The van der Waals surface area contributed by atoms with Gasteiger partial charge in [-0.25, -0.2) is 4.98 Å². The SMILES string of the molecule is CNc1cccc(-c2c[nH]c3nc(Nc4ccc(N5CCOCC5)cc4)nc(Oc4ccccc4)c23)n1. The van der Waals surface area contributed by atoms with Gasteiger partial charge < -0.3 is 30.0 Å². The van der Waals surface area contributed by atoms with Gasteiger partial charge in [-0.15, -0.1) is 0 Å². The number of rotatable bonds is 7. The molecule has 1 saturated heterocycles. The number of nitrogens with zero attached hydrogens (tertiary/aromatic N) is 4. The van der Waals surface area contributed by atoms with Gasteiger partial charge in [-0.2, -0.15) is 9.97 Å². The van der Waals surface area contributed by atoms with Crippen LogP contribution in [0.4, 0.5) is 23.1 Å². The highest BCUT2D eigenvalue weighted by Crippen LogP contribution is 2.36. The summed E-state index contributed by atoms with van der Waals surface area (Å²) in [6, 6.07) is 23.7. The van der Waals surface area contributed by atoms with E-state index in [2.05, 4.69) is 32.7 Å². The molecule has 1 aliphatic rings. The molecule has 9 nitrogen and oxygen atoms in total. The molecule has 1 fully saturated rings. The molecule has 0 saturated carbocycles. The summed E-state index contributed by atoms with van der Waals surface area (Å²) in [5.74, 6) is 2.34. The number of aromatic amines is 1. The summed E-state index contributed by atoms with van der Waals surface area (Å²) >= 11 is 0. The van der Waals surface area contributed by atoms with Gasteiger partial charge in [0, 0.05) is 43.3 Å². The van der Waals surface area contributed by atoms with Crippen molar-refractivity contribution in [3.8, 4) is 22.9 Å². The quantitative estimate of drug-likeness (QED) is 0.276. The third kappa shape index (κ3) is 4.89. The number of morpholine rings is 1. The van der Waals surface area contributed by atoms with Gasteiger partial charge in [-0.3, -0.25) is 0 Å². The molecule has 0 amide bonds. The van der Waals surface area contributed by atoms with Gasteiger partial charge in [0.2, 0.25) is 11.8 Å². The number of para-hydroxylation sites is 1. The number of hydrogen-bond acceptors (Lipinski definition) is 8. The summed E-state index contributed by atoms with van der Waals surface area (Å²) in [5.41, 5.74) is 4.36. The van der Waals surface area contributed by atoms with E-state index in [1.165, 1.54) is 5.69 Å². The maximum absolute atomic E-state index is 6.27. The molecule has 3 N–H and O–H groups in total. The lowest BCUT2D eigenvalue weighted by Crippen LogP contribution is -2.36. The fourth-order valence-electron chi connectivity index (χ4n) is 4.36. The van der Waals surface area contributed by atoms with Crippen LogP contribution in [-0.4, -0.2) is 53.3 Å². The van der Waals surface area contributed by atoms with Crippen LogP contribution in [0.3, 0.4) is 0 Å². The van der Waals surface area contributed by atoms with Gasteiger partial charge in [-0.1, -0.05) is 24.3 Å². The molecule has 0 radical (unpaired) electrons. The second kappa shape index (κ2) is 10.2. The van der Waals surface area contributed by atoms with Crippen LogP contribution in [0.5, 0.6) is 11.6 Å². The predicted octanol–water partition coefficient (Wildman–Crippen LogP) is 5.43. The molecule has 9 heteroatoms. The number of benzene rings is 2. The second-order valence-electron chi connectivity index (χ2n) is 8.62. The van der Waals surface area contributed by atoms with E-state index in [9.17, 15) is 0 Å². The molecule has 0 atom stereocenters. The molecule has 186 valence electrons. The van der Waals surface area contributed by atoms with E-state index in [1.54, 1.807) is 0 Å². The third-order valence-electron chi connectivity index (χ3n) is 6.24. The highest BCUT2D eigenvalue weighted by Gasteiger charge is 2.18. The van der Waals surface area contributed by atoms with Crippen molar-refractivity contribution in [1.29, 1.82) is 0 Å². The Bertz CT molecular complexity index is 1500. The number of anilines is 4. The largest absolute Gasteiger partial charge is 0.438 e. The van der Waals surface area contributed by atoms with Crippen molar-refractivity contribution in [3.63, 3.8) is 0 Å². The molecule has 6 rings (SSSR count). The summed E-state index contributed by atoms with van der Waals surface area (Å²) < 4.78 is 11.7. The van der Waals surface area contributed by atoms with Crippen molar-refractivity contribution < 1.29 is 9.47 Å². The van der Waals surface area contributed by atoms with E-state index in [-0.39, 0.29) is 0 Å². The molecule has 3 aromatic heterocycles. The number of hydrogen-bond donors (Lipinski definition) is 3. The molecule has 5 aromatic rings. The molecule has 0 spiro atoms. The first-order valence-corrected chi connectivity index (χ1v) is 12.2. The Kier molecular flexibility index (Phi) is 6.26. The lowest BCUT2D eigenvalue weighted by atomic mass is 10.1. The average molecular weight is 494 g/mol. The Hall–Kier alpha value is -4.63. The number of fused-ring (bicyclic) bond motifs is 1. The monoisotopic (exact) mass is 493 g/mol. The summed E-state index contributed by atoms with van der Waals surface area (Å²) in [7, 11) is 1.85. The molecule has 1 aliphatic heterocycles. The Morgan fingerprint density at radius 2 is 1.70 bits per heavy atom. The molecule has 0 bridgehead atoms. The van der Waals surface area contributed by atoms with Gasteiger partial charge >= 0.3 is 0 Å². The first kappa shape index (κ1) is 22.8. The average Bonchev–Trinajstić information content (AvgIpc) is 3.39.